The molecule has 0 atom stereocenters. The van der Waals surface area contributed by atoms with Crippen molar-refractivity contribution in [2.24, 2.45) is 0 Å². The SMILES string of the molecule is CC1(C)c2ccccc2-c2ccc(N(c3ccc4cc(-c5ccc6ccc(-c7ccccc7)cc6c5)ccc4c3)c3cccc4oc5ccccc5c34)cc21. The van der Waals surface area contributed by atoms with E-state index in [9.17, 15) is 0 Å². The lowest BCUT2D eigenvalue weighted by Crippen LogP contribution is -2.16. The largest absolute Gasteiger partial charge is 0.456 e. The van der Waals surface area contributed by atoms with Crippen molar-refractivity contribution < 1.29 is 4.42 Å². The van der Waals surface area contributed by atoms with Gasteiger partial charge in [-0.05, 0) is 127 Å². The summed E-state index contributed by atoms with van der Waals surface area (Å²) in [6.45, 7) is 4.70. The predicted molar refractivity (Wildman–Crippen MR) is 232 cm³/mol. The highest BCUT2D eigenvalue weighted by atomic mass is 16.3. The van der Waals surface area contributed by atoms with Crippen LogP contribution in [-0.4, -0.2) is 0 Å². The summed E-state index contributed by atoms with van der Waals surface area (Å²) in [5, 5.41) is 7.11. The zero-order valence-electron chi connectivity index (χ0n) is 30.8. The van der Waals surface area contributed by atoms with Gasteiger partial charge in [-0.15, -0.1) is 0 Å². The fourth-order valence-electron chi connectivity index (χ4n) is 8.99. The fraction of sp³-hybridized carbons (Fsp3) is 0.0566. The summed E-state index contributed by atoms with van der Waals surface area (Å²) in [6, 6.07) is 68.5. The molecule has 0 amide bonds. The second kappa shape index (κ2) is 12.1. The summed E-state index contributed by atoms with van der Waals surface area (Å²) in [5.74, 6) is 0. The Morgan fingerprint density at radius 1 is 0.400 bits per heavy atom. The van der Waals surface area contributed by atoms with E-state index in [0.29, 0.717) is 0 Å². The van der Waals surface area contributed by atoms with Gasteiger partial charge in [0.1, 0.15) is 11.2 Å². The van der Waals surface area contributed by atoms with Gasteiger partial charge in [0.15, 0.2) is 0 Å². The minimum absolute atomic E-state index is 0.117. The molecule has 260 valence electrons. The van der Waals surface area contributed by atoms with Crippen molar-refractivity contribution in [1.82, 2.24) is 0 Å². The monoisotopic (exact) mass is 703 g/mol. The highest BCUT2D eigenvalue weighted by Gasteiger charge is 2.36. The first kappa shape index (κ1) is 31.6. The van der Waals surface area contributed by atoms with E-state index >= 15 is 0 Å². The second-order valence-corrected chi connectivity index (χ2v) is 15.4. The van der Waals surface area contributed by atoms with Gasteiger partial charge in [-0.1, -0.05) is 141 Å². The maximum absolute atomic E-state index is 6.42. The number of hydrogen-bond acceptors (Lipinski definition) is 2. The number of benzene rings is 9. The van der Waals surface area contributed by atoms with Crippen LogP contribution in [0.25, 0.3) is 76.9 Å². The molecule has 0 unspecified atom stereocenters. The molecule has 2 heteroatoms. The van der Waals surface area contributed by atoms with Gasteiger partial charge in [0.25, 0.3) is 0 Å². The average Bonchev–Trinajstić information content (AvgIpc) is 3.73. The van der Waals surface area contributed by atoms with Crippen LogP contribution in [0.15, 0.2) is 192 Å². The lowest BCUT2D eigenvalue weighted by Gasteiger charge is -2.29. The number of anilines is 3. The van der Waals surface area contributed by atoms with Crippen LogP contribution in [0.2, 0.25) is 0 Å². The number of fused-ring (bicyclic) bond motifs is 8. The van der Waals surface area contributed by atoms with Crippen LogP contribution in [0.4, 0.5) is 17.1 Å². The van der Waals surface area contributed by atoms with Gasteiger partial charge in [0.2, 0.25) is 0 Å². The molecule has 0 aliphatic heterocycles. The topological polar surface area (TPSA) is 16.4 Å². The van der Waals surface area contributed by atoms with E-state index in [2.05, 4.69) is 201 Å². The third-order valence-corrected chi connectivity index (χ3v) is 11.8. The lowest BCUT2D eigenvalue weighted by atomic mass is 9.82. The molecule has 1 heterocycles. The van der Waals surface area contributed by atoms with Crippen molar-refractivity contribution in [3.63, 3.8) is 0 Å². The van der Waals surface area contributed by atoms with Crippen LogP contribution in [0.5, 0.6) is 0 Å². The molecular weight excluding hydrogens is 667 g/mol. The van der Waals surface area contributed by atoms with Crippen LogP contribution in [-0.2, 0) is 5.41 Å². The summed E-state index contributed by atoms with van der Waals surface area (Å²) in [5.41, 5.74) is 15.2. The Balaban J connectivity index is 1.05. The van der Waals surface area contributed by atoms with E-state index in [1.54, 1.807) is 0 Å². The Morgan fingerprint density at radius 3 is 1.84 bits per heavy atom. The zero-order valence-corrected chi connectivity index (χ0v) is 30.8. The highest BCUT2D eigenvalue weighted by Crippen LogP contribution is 2.51. The standard InChI is InChI=1S/C53H37NO/c1-53(2)47-15-8-6-13-44(47)45-28-27-43(33-48(45)53)54(49-16-10-18-51-52(49)46-14-7-9-17-50(46)55-51)42-26-25-39-29-37(23-24-40(39)32-42)38-22-20-35-19-21-36(30-41(35)31-38)34-11-4-3-5-12-34/h3-33H,1-2H3. The summed E-state index contributed by atoms with van der Waals surface area (Å²) < 4.78 is 6.42. The van der Waals surface area contributed by atoms with Crippen molar-refractivity contribution in [3.05, 3.63) is 199 Å². The minimum Gasteiger partial charge on any atom is -0.456 e. The van der Waals surface area contributed by atoms with Crippen LogP contribution in [0.1, 0.15) is 25.0 Å². The minimum atomic E-state index is -0.117. The number of hydrogen-bond donors (Lipinski definition) is 0. The molecule has 9 aromatic carbocycles. The molecule has 0 spiro atoms. The lowest BCUT2D eigenvalue weighted by molar-refractivity contribution is 0.660. The fourth-order valence-corrected chi connectivity index (χ4v) is 8.99. The average molecular weight is 704 g/mol. The normalized spacial score (nSPS) is 13.1. The molecule has 0 bridgehead atoms. The Morgan fingerprint density at radius 2 is 1.00 bits per heavy atom. The van der Waals surface area contributed by atoms with E-state index in [-0.39, 0.29) is 5.41 Å². The van der Waals surface area contributed by atoms with Gasteiger partial charge in [-0.25, -0.2) is 0 Å². The van der Waals surface area contributed by atoms with Crippen molar-refractivity contribution in [3.8, 4) is 33.4 Å². The van der Waals surface area contributed by atoms with Gasteiger partial charge in [-0.3, -0.25) is 0 Å². The Kier molecular flexibility index (Phi) is 6.93. The number of rotatable bonds is 5. The van der Waals surface area contributed by atoms with Gasteiger partial charge in [0.05, 0.1) is 11.1 Å². The highest BCUT2D eigenvalue weighted by molar-refractivity contribution is 6.13. The first-order valence-electron chi connectivity index (χ1n) is 19.1. The van der Waals surface area contributed by atoms with E-state index < -0.39 is 0 Å². The number of nitrogens with zero attached hydrogens (tertiary/aromatic N) is 1. The summed E-state index contributed by atoms with van der Waals surface area (Å²) >= 11 is 0. The molecule has 0 N–H and O–H groups in total. The molecular formula is C53H37NO. The molecule has 1 aliphatic carbocycles. The zero-order chi connectivity index (χ0) is 36.7. The Bertz CT molecular complexity index is 3130. The maximum Gasteiger partial charge on any atom is 0.137 e. The smallest absolute Gasteiger partial charge is 0.137 e. The van der Waals surface area contributed by atoms with Crippen molar-refractivity contribution >= 4 is 60.5 Å². The molecule has 0 saturated heterocycles. The summed E-state index contributed by atoms with van der Waals surface area (Å²) in [4.78, 5) is 2.42. The van der Waals surface area contributed by atoms with Gasteiger partial charge in [-0.2, -0.15) is 0 Å². The second-order valence-electron chi connectivity index (χ2n) is 15.4. The molecule has 55 heavy (non-hydrogen) atoms. The number of para-hydroxylation sites is 1. The van der Waals surface area contributed by atoms with E-state index in [4.69, 9.17) is 4.42 Å². The third-order valence-electron chi connectivity index (χ3n) is 11.8. The van der Waals surface area contributed by atoms with E-state index in [1.807, 2.05) is 6.07 Å². The van der Waals surface area contributed by atoms with E-state index in [0.717, 1.165) is 39.0 Å². The van der Waals surface area contributed by atoms with Crippen LogP contribution < -0.4 is 4.90 Å². The van der Waals surface area contributed by atoms with Crippen LogP contribution in [0.3, 0.4) is 0 Å². The van der Waals surface area contributed by atoms with Gasteiger partial charge in [0, 0.05) is 22.2 Å². The molecule has 0 fully saturated rings. The summed E-state index contributed by atoms with van der Waals surface area (Å²) in [6.07, 6.45) is 0. The van der Waals surface area contributed by atoms with Crippen LogP contribution in [0, 0.1) is 0 Å². The van der Waals surface area contributed by atoms with Crippen molar-refractivity contribution in [1.29, 1.82) is 0 Å². The molecule has 1 aliphatic rings. The molecule has 2 nitrogen and oxygen atoms in total. The molecule has 10 aromatic rings. The van der Waals surface area contributed by atoms with Gasteiger partial charge < -0.3 is 9.32 Å². The third kappa shape index (κ3) is 5.02. The van der Waals surface area contributed by atoms with Crippen LogP contribution >= 0.6 is 0 Å². The van der Waals surface area contributed by atoms with Gasteiger partial charge >= 0.3 is 0 Å². The first-order valence-corrected chi connectivity index (χ1v) is 19.1. The quantitative estimate of drug-likeness (QED) is 0.177. The molecule has 0 saturated carbocycles. The van der Waals surface area contributed by atoms with E-state index in [1.165, 1.54) is 66.1 Å². The molecule has 1 aromatic heterocycles. The van der Waals surface area contributed by atoms with Crippen molar-refractivity contribution in [2.45, 2.75) is 19.3 Å². The molecule has 11 rings (SSSR count). The van der Waals surface area contributed by atoms with Crippen molar-refractivity contribution in [2.75, 3.05) is 4.90 Å². The predicted octanol–water partition coefficient (Wildman–Crippen LogP) is 15.0. The Labute approximate surface area is 320 Å². The summed E-state index contributed by atoms with van der Waals surface area (Å²) in [7, 11) is 0. The number of furan rings is 1. The maximum atomic E-state index is 6.42. The Hall–Kier alpha value is -6.90. The first-order chi connectivity index (χ1) is 27.0. The molecule has 0 radical (unpaired) electrons.